The Hall–Kier alpha value is -0.273. The molecule has 1 unspecified atom stereocenters. The molecule has 0 radical (unpaired) electrons. The molecule has 0 spiro atoms. The molecule has 0 fully saturated rings. The number of aryl methyl sites for hydroxylation is 2. The Morgan fingerprint density at radius 1 is 1.07 bits per heavy atom. The summed E-state index contributed by atoms with van der Waals surface area (Å²) in [6.45, 7) is 11.0. The van der Waals surface area contributed by atoms with E-state index in [0.717, 1.165) is 0 Å². The maximum atomic E-state index is 6.46. The van der Waals surface area contributed by atoms with Crippen LogP contribution in [0.1, 0.15) is 31.9 Å². The van der Waals surface area contributed by atoms with E-state index in [4.69, 9.17) is 11.6 Å². The second-order valence-electron chi connectivity index (χ2n) is 5.53. The van der Waals surface area contributed by atoms with E-state index in [0.29, 0.717) is 5.00 Å². The topological polar surface area (TPSA) is 0 Å². The van der Waals surface area contributed by atoms with Crippen molar-refractivity contribution in [2.24, 2.45) is 5.41 Å². The van der Waals surface area contributed by atoms with Crippen LogP contribution in [0.4, 0.5) is 0 Å². The lowest BCUT2D eigenvalue weighted by Gasteiger charge is -2.25. The minimum atomic E-state index is -0.369. The molecule has 1 rings (SSSR count). The lowest BCUT2D eigenvalue weighted by molar-refractivity contribution is 0.448. The molecule has 0 amide bonds. The standard InChI is InChI=1S/C13H21ClSi/c1-9-6-10(2)8-11(7-9)15-12(14)13(3,4)5/h6-8,12H,15H2,1-5H3. The van der Waals surface area contributed by atoms with Crippen molar-refractivity contribution >= 4 is 26.3 Å². The van der Waals surface area contributed by atoms with Gasteiger partial charge in [-0.25, -0.2) is 0 Å². The normalized spacial score (nSPS) is 14.8. The third kappa shape index (κ3) is 4.00. The van der Waals surface area contributed by atoms with E-state index in [1.807, 2.05) is 0 Å². The Labute approximate surface area is 101 Å². The van der Waals surface area contributed by atoms with E-state index in [-0.39, 0.29) is 14.9 Å². The molecule has 1 aromatic carbocycles. The van der Waals surface area contributed by atoms with Crippen LogP contribution in [0.2, 0.25) is 0 Å². The lowest BCUT2D eigenvalue weighted by atomic mass is 10.00. The van der Waals surface area contributed by atoms with E-state index in [1.165, 1.54) is 16.3 Å². The van der Waals surface area contributed by atoms with Gasteiger partial charge in [0.2, 0.25) is 0 Å². The first-order chi connectivity index (χ1) is 6.79. The summed E-state index contributed by atoms with van der Waals surface area (Å²) in [6.07, 6.45) is 0. The molecule has 1 aromatic rings. The zero-order valence-electron chi connectivity index (χ0n) is 10.4. The van der Waals surface area contributed by atoms with Crippen molar-refractivity contribution in [3.8, 4) is 0 Å². The van der Waals surface area contributed by atoms with E-state index in [1.54, 1.807) is 0 Å². The molecule has 2 heteroatoms. The Morgan fingerprint density at radius 3 is 1.93 bits per heavy atom. The molecule has 84 valence electrons. The van der Waals surface area contributed by atoms with Crippen LogP contribution in [0.3, 0.4) is 0 Å². The van der Waals surface area contributed by atoms with Gasteiger partial charge in [0.1, 0.15) is 0 Å². The summed E-state index contributed by atoms with van der Waals surface area (Å²) in [7, 11) is -0.369. The largest absolute Gasteiger partial charge is 0.126 e. The number of hydrogen-bond donors (Lipinski definition) is 0. The predicted octanol–water partition coefficient (Wildman–Crippen LogP) is 2.71. The second kappa shape index (κ2) is 4.71. The van der Waals surface area contributed by atoms with Crippen molar-refractivity contribution in [3.63, 3.8) is 0 Å². The second-order valence-corrected chi connectivity index (χ2v) is 8.62. The average Bonchev–Trinajstić information content (AvgIpc) is 1.99. The van der Waals surface area contributed by atoms with Gasteiger partial charge in [0.05, 0.1) is 9.52 Å². The Kier molecular flexibility index (Phi) is 4.02. The fourth-order valence-corrected chi connectivity index (χ4v) is 4.14. The van der Waals surface area contributed by atoms with Crippen LogP contribution in [0.15, 0.2) is 18.2 Å². The molecule has 0 aromatic heterocycles. The zero-order valence-corrected chi connectivity index (χ0v) is 12.6. The van der Waals surface area contributed by atoms with Crippen molar-refractivity contribution in [2.75, 3.05) is 0 Å². The van der Waals surface area contributed by atoms with Crippen LogP contribution in [-0.2, 0) is 0 Å². The minimum absolute atomic E-state index is 0.228. The number of hydrogen-bond acceptors (Lipinski definition) is 0. The van der Waals surface area contributed by atoms with Crippen LogP contribution >= 0.6 is 11.6 Å². The smallest absolute Gasteiger partial charge is 0.0760 e. The van der Waals surface area contributed by atoms with Crippen molar-refractivity contribution in [1.29, 1.82) is 0 Å². The van der Waals surface area contributed by atoms with Crippen LogP contribution in [0.5, 0.6) is 0 Å². The first-order valence-corrected chi connectivity index (χ1v) is 7.46. The van der Waals surface area contributed by atoms with Gasteiger partial charge in [0.15, 0.2) is 0 Å². The van der Waals surface area contributed by atoms with Crippen LogP contribution < -0.4 is 5.19 Å². The third-order valence-electron chi connectivity index (χ3n) is 2.64. The van der Waals surface area contributed by atoms with E-state index >= 15 is 0 Å². The summed E-state index contributed by atoms with van der Waals surface area (Å²) in [4.78, 5) is 0. The van der Waals surface area contributed by atoms with Gasteiger partial charge in [-0.2, -0.15) is 0 Å². The van der Waals surface area contributed by atoms with Crippen molar-refractivity contribution in [2.45, 2.75) is 39.6 Å². The van der Waals surface area contributed by atoms with Crippen molar-refractivity contribution in [3.05, 3.63) is 29.3 Å². The van der Waals surface area contributed by atoms with Gasteiger partial charge in [-0.3, -0.25) is 0 Å². The van der Waals surface area contributed by atoms with Crippen LogP contribution in [-0.4, -0.2) is 14.5 Å². The summed E-state index contributed by atoms with van der Waals surface area (Å²) in [6, 6.07) is 6.80. The molecular weight excluding hydrogens is 220 g/mol. The highest BCUT2D eigenvalue weighted by atomic mass is 35.5. The Bertz CT molecular complexity index is 319. The van der Waals surface area contributed by atoms with Crippen molar-refractivity contribution in [1.82, 2.24) is 0 Å². The van der Waals surface area contributed by atoms with Crippen LogP contribution in [0.25, 0.3) is 0 Å². The summed E-state index contributed by atoms with van der Waals surface area (Å²) < 4.78 is 0. The third-order valence-corrected chi connectivity index (χ3v) is 6.22. The fraction of sp³-hybridized carbons (Fsp3) is 0.538. The first-order valence-electron chi connectivity index (χ1n) is 5.50. The maximum Gasteiger partial charge on any atom is 0.0760 e. The Balaban J connectivity index is 2.81. The van der Waals surface area contributed by atoms with Gasteiger partial charge in [-0.05, 0) is 19.3 Å². The summed E-state index contributed by atoms with van der Waals surface area (Å²) >= 11 is 6.46. The molecule has 0 saturated heterocycles. The number of alkyl halides is 1. The highest BCUT2D eigenvalue weighted by Crippen LogP contribution is 2.23. The van der Waals surface area contributed by atoms with Gasteiger partial charge in [-0.1, -0.05) is 55.3 Å². The minimum Gasteiger partial charge on any atom is -0.126 e. The van der Waals surface area contributed by atoms with Crippen molar-refractivity contribution < 1.29 is 0 Å². The fourth-order valence-electron chi connectivity index (χ4n) is 1.70. The molecule has 0 heterocycles. The predicted molar refractivity (Wildman–Crippen MR) is 73.2 cm³/mol. The van der Waals surface area contributed by atoms with E-state index < -0.39 is 0 Å². The summed E-state index contributed by atoms with van der Waals surface area (Å²) in [5.74, 6) is 0. The SMILES string of the molecule is Cc1cc(C)cc([SiH2]C(Cl)C(C)(C)C)c1. The molecule has 0 aliphatic carbocycles. The Morgan fingerprint density at radius 2 is 1.53 bits per heavy atom. The monoisotopic (exact) mass is 240 g/mol. The highest BCUT2D eigenvalue weighted by molar-refractivity contribution is 6.64. The molecule has 0 saturated carbocycles. The molecule has 0 aliphatic heterocycles. The zero-order chi connectivity index (χ0) is 11.6. The van der Waals surface area contributed by atoms with E-state index in [9.17, 15) is 0 Å². The van der Waals surface area contributed by atoms with E-state index in [2.05, 4.69) is 52.8 Å². The number of benzene rings is 1. The highest BCUT2D eigenvalue weighted by Gasteiger charge is 2.22. The van der Waals surface area contributed by atoms with Gasteiger partial charge >= 0.3 is 0 Å². The van der Waals surface area contributed by atoms with Gasteiger partial charge in [0.25, 0.3) is 0 Å². The maximum absolute atomic E-state index is 6.46. The average molecular weight is 241 g/mol. The van der Waals surface area contributed by atoms with Crippen LogP contribution in [0, 0.1) is 19.3 Å². The summed E-state index contributed by atoms with van der Waals surface area (Å²) in [5, 5.41) is 1.82. The quantitative estimate of drug-likeness (QED) is 0.551. The lowest BCUT2D eigenvalue weighted by Crippen LogP contribution is -2.34. The van der Waals surface area contributed by atoms with Gasteiger partial charge < -0.3 is 0 Å². The molecule has 15 heavy (non-hydrogen) atoms. The molecule has 0 bridgehead atoms. The molecule has 0 aliphatic rings. The number of rotatable bonds is 2. The first kappa shape index (κ1) is 12.8. The molecule has 0 N–H and O–H groups in total. The molecular formula is C13H21ClSi. The molecule has 1 atom stereocenters. The van der Waals surface area contributed by atoms with Gasteiger partial charge in [0, 0.05) is 5.00 Å². The van der Waals surface area contributed by atoms with Gasteiger partial charge in [-0.15, -0.1) is 11.6 Å². The molecule has 0 nitrogen and oxygen atoms in total. The number of halogens is 1. The summed E-state index contributed by atoms with van der Waals surface area (Å²) in [5.41, 5.74) is 2.94.